The maximum absolute atomic E-state index is 9.93. The van der Waals surface area contributed by atoms with Crippen LogP contribution >= 0.6 is 0 Å². The number of fused-ring (bicyclic) bond motifs is 1. The molecule has 0 amide bonds. The van der Waals surface area contributed by atoms with Gasteiger partial charge in [0, 0.05) is 0 Å². The van der Waals surface area contributed by atoms with Gasteiger partial charge in [-0.2, -0.15) is 0 Å². The molecule has 1 aromatic carbocycles. The van der Waals surface area contributed by atoms with E-state index < -0.39 is 0 Å². The van der Waals surface area contributed by atoms with Crippen LogP contribution in [0.3, 0.4) is 0 Å². The van der Waals surface area contributed by atoms with Gasteiger partial charge in [0.1, 0.15) is 5.75 Å². The lowest BCUT2D eigenvalue weighted by Crippen LogP contribution is -2.09. The summed E-state index contributed by atoms with van der Waals surface area (Å²) in [4.78, 5) is 0. The summed E-state index contributed by atoms with van der Waals surface area (Å²) in [5.41, 5.74) is 2.32. The highest BCUT2D eigenvalue weighted by atomic mass is 16.5. The van der Waals surface area contributed by atoms with Crippen LogP contribution in [-0.4, -0.2) is 11.7 Å². The van der Waals surface area contributed by atoms with Gasteiger partial charge in [0.2, 0.25) is 0 Å². The molecule has 1 aliphatic rings. The van der Waals surface area contributed by atoms with Crippen LogP contribution in [0.15, 0.2) is 30.9 Å². The molecule has 0 spiro atoms. The summed E-state index contributed by atoms with van der Waals surface area (Å²) >= 11 is 0. The predicted molar refractivity (Wildman–Crippen MR) is 69.3 cm³/mol. The van der Waals surface area contributed by atoms with Crippen molar-refractivity contribution in [3.05, 3.63) is 42.0 Å². The second-order valence-electron chi connectivity index (χ2n) is 4.55. The van der Waals surface area contributed by atoms with Gasteiger partial charge in [-0.25, -0.2) is 0 Å². The highest BCUT2D eigenvalue weighted by Gasteiger charge is 2.18. The van der Waals surface area contributed by atoms with Crippen LogP contribution in [0.2, 0.25) is 0 Å². The van der Waals surface area contributed by atoms with Crippen molar-refractivity contribution in [1.82, 2.24) is 0 Å². The quantitative estimate of drug-likeness (QED) is 0.622. The Bertz CT molecular complexity index is 385. The zero-order chi connectivity index (χ0) is 12.1. The zero-order valence-corrected chi connectivity index (χ0v) is 10.2. The minimum absolute atomic E-state index is 0.310. The molecule has 2 nitrogen and oxygen atoms in total. The summed E-state index contributed by atoms with van der Waals surface area (Å²) in [5, 5.41) is 9.93. The summed E-state index contributed by atoms with van der Waals surface area (Å²) in [6.45, 7) is 4.39. The fraction of sp³-hybridized carbons (Fsp3) is 0.467. The number of hydrogen-bond donors (Lipinski definition) is 1. The molecule has 2 rings (SSSR count). The first-order chi connectivity index (χ1) is 8.31. The Balaban J connectivity index is 1.99. The van der Waals surface area contributed by atoms with Gasteiger partial charge in [0.05, 0.1) is 12.7 Å². The van der Waals surface area contributed by atoms with Gasteiger partial charge in [-0.1, -0.05) is 12.1 Å². The fourth-order valence-corrected chi connectivity index (χ4v) is 2.26. The molecule has 1 aromatic rings. The van der Waals surface area contributed by atoms with Crippen molar-refractivity contribution >= 4 is 0 Å². The van der Waals surface area contributed by atoms with E-state index in [1.54, 1.807) is 0 Å². The molecule has 1 atom stereocenters. The van der Waals surface area contributed by atoms with Crippen molar-refractivity contribution in [2.75, 3.05) is 6.61 Å². The SMILES string of the molecule is C=CCCCOc1ccc2c(c1)C(O)CCC2. The van der Waals surface area contributed by atoms with E-state index in [9.17, 15) is 5.11 Å². The molecule has 17 heavy (non-hydrogen) atoms. The predicted octanol–water partition coefficient (Wildman–Crippen LogP) is 3.40. The first kappa shape index (κ1) is 12.2. The number of hydrogen-bond acceptors (Lipinski definition) is 2. The number of aryl methyl sites for hydroxylation is 1. The van der Waals surface area contributed by atoms with Crippen molar-refractivity contribution < 1.29 is 9.84 Å². The Hall–Kier alpha value is -1.28. The minimum Gasteiger partial charge on any atom is -0.494 e. The molecule has 0 aliphatic heterocycles. The highest BCUT2D eigenvalue weighted by molar-refractivity contribution is 5.38. The molecule has 92 valence electrons. The lowest BCUT2D eigenvalue weighted by molar-refractivity contribution is 0.156. The van der Waals surface area contributed by atoms with Crippen LogP contribution in [0.1, 0.15) is 42.9 Å². The van der Waals surface area contributed by atoms with Gasteiger partial charge in [-0.05, 0) is 55.4 Å². The van der Waals surface area contributed by atoms with E-state index in [4.69, 9.17) is 4.74 Å². The summed E-state index contributed by atoms with van der Waals surface area (Å²) in [6, 6.07) is 6.08. The van der Waals surface area contributed by atoms with Crippen molar-refractivity contribution in [1.29, 1.82) is 0 Å². The van der Waals surface area contributed by atoms with Crippen LogP contribution in [0.5, 0.6) is 5.75 Å². The minimum atomic E-state index is -0.310. The van der Waals surface area contributed by atoms with E-state index in [2.05, 4.69) is 12.6 Å². The Morgan fingerprint density at radius 2 is 2.35 bits per heavy atom. The number of benzene rings is 1. The Morgan fingerprint density at radius 3 is 3.18 bits per heavy atom. The second-order valence-corrected chi connectivity index (χ2v) is 4.55. The van der Waals surface area contributed by atoms with Gasteiger partial charge in [0.15, 0.2) is 0 Å². The van der Waals surface area contributed by atoms with Crippen LogP contribution in [0.4, 0.5) is 0 Å². The highest BCUT2D eigenvalue weighted by Crippen LogP contribution is 2.32. The second kappa shape index (κ2) is 5.87. The normalized spacial score (nSPS) is 18.5. The number of aliphatic hydroxyl groups excluding tert-OH is 1. The van der Waals surface area contributed by atoms with E-state index in [0.717, 1.165) is 43.4 Å². The third-order valence-electron chi connectivity index (χ3n) is 3.22. The molecule has 0 heterocycles. The molecule has 2 heteroatoms. The van der Waals surface area contributed by atoms with Gasteiger partial charge in [-0.15, -0.1) is 6.58 Å². The zero-order valence-electron chi connectivity index (χ0n) is 10.2. The smallest absolute Gasteiger partial charge is 0.119 e. The molecule has 1 aliphatic carbocycles. The summed E-state index contributed by atoms with van der Waals surface area (Å²) in [7, 11) is 0. The lowest BCUT2D eigenvalue weighted by Gasteiger charge is -2.21. The number of allylic oxidation sites excluding steroid dienone is 1. The number of rotatable bonds is 5. The van der Waals surface area contributed by atoms with E-state index in [0.29, 0.717) is 6.61 Å². The first-order valence-electron chi connectivity index (χ1n) is 6.36. The lowest BCUT2D eigenvalue weighted by atomic mass is 9.89. The monoisotopic (exact) mass is 232 g/mol. The average Bonchev–Trinajstić information content (AvgIpc) is 2.36. The topological polar surface area (TPSA) is 29.5 Å². The maximum atomic E-state index is 9.93. The van der Waals surface area contributed by atoms with Crippen molar-refractivity contribution in [2.45, 2.75) is 38.2 Å². The number of unbranched alkanes of at least 4 members (excludes halogenated alkanes) is 1. The van der Waals surface area contributed by atoms with Gasteiger partial charge >= 0.3 is 0 Å². The first-order valence-corrected chi connectivity index (χ1v) is 6.36. The molecule has 1 N–H and O–H groups in total. The Labute approximate surface area is 103 Å². The molecule has 0 saturated heterocycles. The summed E-state index contributed by atoms with van der Waals surface area (Å²) < 4.78 is 5.66. The summed E-state index contributed by atoms with van der Waals surface area (Å²) in [5.74, 6) is 0.869. The third kappa shape index (κ3) is 3.10. The summed E-state index contributed by atoms with van der Waals surface area (Å²) in [6.07, 6.45) is 6.58. The molecule has 0 bridgehead atoms. The van der Waals surface area contributed by atoms with Crippen molar-refractivity contribution in [3.63, 3.8) is 0 Å². The van der Waals surface area contributed by atoms with E-state index >= 15 is 0 Å². The van der Waals surface area contributed by atoms with Crippen molar-refractivity contribution in [3.8, 4) is 5.75 Å². The van der Waals surface area contributed by atoms with Crippen molar-refractivity contribution in [2.24, 2.45) is 0 Å². The Kier molecular flexibility index (Phi) is 4.21. The number of ether oxygens (including phenoxy) is 1. The molecule has 0 radical (unpaired) electrons. The third-order valence-corrected chi connectivity index (χ3v) is 3.22. The Morgan fingerprint density at radius 1 is 1.47 bits per heavy atom. The largest absolute Gasteiger partial charge is 0.494 e. The molecular formula is C15H20O2. The van der Waals surface area contributed by atoms with Gasteiger partial charge < -0.3 is 9.84 Å². The molecular weight excluding hydrogens is 212 g/mol. The van der Waals surface area contributed by atoms with Gasteiger partial charge in [-0.3, -0.25) is 0 Å². The molecule has 0 fully saturated rings. The van der Waals surface area contributed by atoms with Crippen LogP contribution in [0.25, 0.3) is 0 Å². The van der Waals surface area contributed by atoms with E-state index in [-0.39, 0.29) is 6.10 Å². The maximum Gasteiger partial charge on any atom is 0.119 e. The van der Waals surface area contributed by atoms with Gasteiger partial charge in [0.25, 0.3) is 0 Å². The van der Waals surface area contributed by atoms with Crippen LogP contribution < -0.4 is 4.74 Å². The van der Waals surface area contributed by atoms with E-state index in [1.165, 1.54) is 5.56 Å². The molecule has 1 unspecified atom stereocenters. The average molecular weight is 232 g/mol. The van der Waals surface area contributed by atoms with Crippen LogP contribution in [-0.2, 0) is 6.42 Å². The fourth-order valence-electron chi connectivity index (χ4n) is 2.26. The van der Waals surface area contributed by atoms with Crippen LogP contribution in [0, 0.1) is 0 Å². The molecule has 0 aromatic heterocycles. The standard InChI is InChI=1S/C15H20O2/c1-2-3-4-10-17-13-9-8-12-6-5-7-15(16)14(12)11-13/h2,8-9,11,15-16H,1,3-7,10H2. The molecule has 0 saturated carbocycles. The van der Waals surface area contributed by atoms with E-state index in [1.807, 2.05) is 18.2 Å². The number of aliphatic hydroxyl groups is 1.